The zero-order valence-electron chi connectivity index (χ0n) is 13.0. The van der Waals surface area contributed by atoms with E-state index in [0.717, 1.165) is 25.1 Å². The zero-order valence-corrected chi connectivity index (χ0v) is 13.0. The maximum atomic E-state index is 12.6. The number of carbonyl (C=O) groups excluding carboxylic acids is 1. The molecule has 1 aliphatic heterocycles. The summed E-state index contributed by atoms with van der Waals surface area (Å²) in [7, 11) is 0. The Balaban J connectivity index is 1.68. The molecule has 3 nitrogen and oxygen atoms in total. The summed E-state index contributed by atoms with van der Waals surface area (Å²) in [6.07, 6.45) is 2.14. The fourth-order valence-corrected chi connectivity index (χ4v) is 3.18. The van der Waals surface area contributed by atoms with Crippen LogP contribution in [0.25, 0.3) is 0 Å². The van der Waals surface area contributed by atoms with Gasteiger partial charge in [0.15, 0.2) is 0 Å². The first-order chi connectivity index (χ1) is 10.8. The third kappa shape index (κ3) is 3.14. The number of benzene rings is 2. The minimum Gasteiger partial charge on any atom is -0.376 e. The summed E-state index contributed by atoms with van der Waals surface area (Å²) in [5.74, 6) is 0.176. The lowest BCUT2D eigenvalue weighted by Crippen LogP contribution is -2.35. The molecule has 1 atom stereocenters. The highest BCUT2D eigenvalue weighted by atomic mass is 16.2. The molecule has 0 radical (unpaired) electrons. The third-order valence-corrected chi connectivity index (χ3v) is 4.34. The van der Waals surface area contributed by atoms with Crippen LogP contribution in [0.1, 0.15) is 30.0 Å². The third-order valence-electron chi connectivity index (χ3n) is 4.34. The van der Waals surface area contributed by atoms with Crippen molar-refractivity contribution in [1.29, 1.82) is 0 Å². The Labute approximate surface area is 132 Å². The van der Waals surface area contributed by atoms with E-state index in [-0.39, 0.29) is 11.9 Å². The molecule has 1 amide bonds. The zero-order chi connectivity index (χ0) is 15.4. The molecule has 1 unspecified atom stereocenters. The molecule has 2 aromatic rings. The van der Waals surface area contributed by atoms with Crippen molar-refractivity contribution in [1.82, 2.24) is 4.90 Å². The highest BCUT2D eigenvalue weighted by Crippen LogP contribution is 2.33. The first-order valence-corrected chi connectivity index (χ1v) is 7.89. The Kier molecular flexibility index (Phi) is 4.42. The molecule has 0 spiro atoms. The highest BCUT2D eigenvalue weighted by Gasteiger charge is 2.30. The van der Waals surface area contributed by atoms with Gasteiger partial charge < -0.3 is 10.2 Å². The second-order valence-corrected chi connectivity index (χ2v) is 5.82. The summed E-state index contributed by atoms with van der Waals surface area (Å²) < 4.78 is 0. The number of hydrogen-bond acceptors (Lipinski definition) is 2. The Morgan fingerprint density at radius 2 is 1.86 bits per heavy atom. The van der Waals surface area contributed by atoms with E-state index < -0.39 is 0 Å². The predicted octanol–water partition coefficient (Wildman–Crippen LogP) is 3.77. The van der Waals surface area contributed by atoms with Gasteiger partial charge in [0.2, 0.25) is 5.91 Å². The van der Waals surface area contributed by atoms with Crippen molar-refractivity contribution in [3.05, 3.63) is 65.7 Å². The summed E-state index contributed by atoms with van der Waals surface area (Å²) in [4.78, 5) is 14.6. The van der Waals surface area contributed by atoms with E-state index in [1.807, 2.05) is 35.2 Å². The van der Waals surface area contributed by atoms with Gasteiger partial charge in [-0.2, -0.15) is 0 Å². The van der Waals surface area contributed by atoms with E-state index in [0.29, 0.717) is 6.54 Å². The molecule has 0 saturated carbocycles. The molecule has 0 aliphatic carbocycles. The summed E-state index contributed by atoms with van der Waals surface area (Å²) in [6.45, 7) is 3.33. The van der Waals surface area contributed by atoms with Gasteiger partial charge in [-0.1, -0.05) is 42.5 Å². The lowest BCUT2D eigenvalue weighted by atomic mass is 9.99. The maximum Gasteiger partial charge on any atom is 0.242 e. The Hall–Kier alpha value is -2.29. The molecular formula is C19H22N2O. The highest BCUT2D eigenvalue weighted by molar-refractivity contribution is 5.81. The fourth-order valence-electron chi connectivity index (χ4n) is 3.18. The number of aryl methyl sites for hydroxylation is 1. The second kappa shape index (κ2) is 6.65. The second-order valence-electron chi connectivity index (χ2n) is 5.82. The standard InChI is InChI=1S/C19H22N2O/c1-15-8-5-6-11-17(15)18-12-7-13-21(18)19(22)14-20-16-9-3-2-4-10-16/h2-6,8-11,18,20H,7,12-14H2,1H3. The van der Waals surface area contributed by atoms with Crippen molar-refractivity contribution < 1.29 is 4.79 Å². The largest absolute Gasteiger partial charge is 0.376 e. The monoisotopic (exact) mass is 294 g/mol. The van der Waals surface area contributed by atoms with Crippen molar-refractivity contribution in [3.8, 4) is 0 Å². The van der Waals surface area contributed by atoms with Crippen LogP contribution >= 0.6 is 0 Å². The van der Waals surface area contributed by atoms with Crippen LogP contribution in [-0.2, 0) is 4.79 Å². The number of anilines is 1. The fraction of sp³-hybridized carbons (Fsp3) is 0.316. The molecule has 1 saturated heterocycles. The number of hydrogen-bond donors (Lipinski definition) is 1. The van der Waals surface area contributed by atoms with Crippen molar-refractivity contribution in [2.45, 2.75) is 25.8 Å². The number of nitrogens with one attached hydrogen (secondary N) is 1. The van der Waals surface area contributed by atoms with Crippen molar-refractivity contribution in [3.63, 3.8) is 0 Å². The molecule has 3 rings (SSSR count). The predicted molar refractivity (Wildman–Crippen MR) is 89.8 cm³/mol. The first kappa shape index (κ1) is 14.6. The van der Waals surface area contributed by atoms with Crippen LogP contribution in [0.2, 0.25) is 0 Å². The smallest absolute Gasteiger partial charge is 0.242 e. The number of likely N-dealkylation sites (tertiary alicyclic amines) is 1. The van der Waals surface area contributed by atoms with Gasteiger partial charge in [-0.05, 0) is 43.0 Å². The average molecular weight is 294 g/mol. The van der Waals surface area contributed by atoms with Gasteiger partial charge in [0.05, 0.1) is 12.6 Å². The minimum atomic E-state index is 0.176. The van der Waals surface area contributed by atoms with Gasteiger partial charge in [-0.15, -0.1) is 0 Å². The van der Waals surface area contributed by atoms with Gasteiger partial charge in [-0.25, -0.2) is 0 Å². The van der Waals surface area contributed by atoms with Crippen LogP contribution in [0.4, 0.5) is 5.69 Å². The van der Waals surface area contributed by atoms with Gasteiger partial charge in [0, 0.05) is 12.2 Å². The Bertz CT molecular complexity index is 639. The van der Waals surface area contributed by atoms with Crippen LogP contribution in [0.15, 0.2) is 54.6 Å². The molecule has 3 heteroatoms. The first-order valence-electron chi connectivity index (χ1n) is 7.89. The lowest BCUT2D eigenvalue weighted by molar-refractivity contribution is -0.130. The van der Waals surface area contributed by atoms with Crippen LogP contribution in [0.3, 0.4) is 0 Å². The number of rotatable bonds is 4. The van der Waals surface area contributed by atoms with Crippen molar-refractivity contribution >= 4 is 11.6 Å². The summed E-state index contributed by atoms with van der Waals surface area (Å²) in [5.41, 5.74) is 3.54. The molecule has 22 heavy (non-hydrogen) atoms. The molecule has 1 N–H and O–H groups in total. The van der Waals surface area contributed by atoms with E-state index in [4.69, 9.17) is 0 Å². The Morgan fingerprint density at radius 3 is 2.64 bits per heavy atom. The molecular weight excluding hydrogens is 272 g/mol. The van der Waals surface area contributed by atoms with E-state index >= 15 is 0 Å². The normalized spacial score (nSPS) is 17.5. The number of para-hydroxylation sites is 1. The van der Waals surface area contributed by atoms with Crippen LogP contribution in [0.5, 0.6) is 0 Å². The summed E-state index contributed by atoms with van der Waals surface area (Å²) >= 11 is 0. The van der Waals surface area contributed by atoms with Crippen LogP contribution in [-0.4, -0.2) is 23.9 Å². The number of carbonyl (C=O) groups is 1. The van der Waals surface area contributed by atoms with Gasteiger partial charge in [0.25, 0.3) is 0 Å². The maximum absolute atomic E-state index is 12.6. The van der Waals surface area contributed by atoms with Gasteiger partial charge in [-0.3, -0.25) is 4.79 Å². The van der Waals surface area contributed by atoms with E-state index in [1.165, 1.54) is 11.1 Å². The quantitative estimate of drug-likeness (QED) is 0.931. The van der Waals surface area contributed by atoms with Crippen molar-refractivity contribution in [2.24, 2.45) is 0 Å². The minimum absolute atomic E-state index is 0.176. The van der Waals surface area contributed by atoms with Crippen molar-refractivity contribution in [2.75, 3.05) is 18.4 Å². The molecule has 0 aromatic heterocycles. The van der Waals surface area contributed by atoms with Crippen LogP contribution < -0.4 is 5.32 Å². The average Bonchev–Trinajstić information content (AvgIpc) is 3.03. The molecule has 1 fully saturated rings. The van der Waals surface area contributed by atoms with E-state index in [1.54, 1.807) is 0 Å². The molecule has 0 bridgehead atoms. The molecule has 1 aliphatic rings. The van der Waals surface area contributed by atoms with Crippen LogP contribution in [0, 0.1) is 6.92 Å². The Morgan fingerprint density at radius 1 is 1.14 bits per heavy atom. The SMILES string of the molecule is Cc1ccccc1C1CCCN1C(=O)CNc1ccccc1. The van der Waals surface area contributed by atoms with E-state index in [2.05, 4.69) is 36.5 Å². The lowest BCUT2D eigenvalue weighted by Gasteiger charge is -2.26. The van der Waals surface area contributed by atoms with Gasteiger partial charge in [0.1, 0.15) is 0 Å². The number of amides is 1. The molecule has 1 heterocycles. The van der Waals surface area contributed by atoms with Gasteiger partial charge >= 0.3 is 0 Å². The molecule has 114 valence electrons. The van der Waals surface area contributed by atoms with E-state index in [9.17, 15) is 4.79 Å². The topological polar surface area (TPSA) is 32.3 Å². The summed E-state index contributed by atoms with van der Waals surface area (Å²) in [6, 6.07) is 18.5. The summed E-state index contributed by atoms with van der Waals surface area (Å²) in [5, 5.41) is 3.22. The molecule has 2 aromatic carbocycles. The number of nitrogens with zero attached hydrogens (tertiary/aromatic N) is 1.